The first-order valence-corrected chi connectivity index (χ1v) is 6.16. The van der Waals surface area contributed by atoms with Crippen molar-refractivity contribution < 1.29 is 18.8 Å². The van der Waals surface area contributed by atoms with Crippen LogP contribution in [0.25, 0.3) is 0 Å². The van der Waals surface area contributed by atoms with Crippen molar-refractivity contribution in [3.63, 3.8) is 0 Å². The van der Waals surface area contributed by atoms with Gasteiger partial charge in [0.15, 0.2) is 0 Å². The maximum atomic E-state index is 11.8. The SMILES string of the molecule is COC(=O)c1ccncc1B1OC(C)(C)C(C)(C)O1. The standard InChI is InChI=1S/C13H18BNO4/c1-12(2)13(3,4)19-14(18-12)10-8-15-7-6-9(10)11(16)17-5/h6-8H,1-5H3. The molecule has 0 unspecified atom stereocenters. The predicted octanol–water partition coefficient (Wildman–Crippen LogP) is 1.17. The van der Waals surface area contributed by atoms with Gasteiger partial charge in [0.2, 0.25) is 0 Å². The molecule has 1 aliphatic heterocycles. The number of carbonyl (C=O) groups excluding carboxylic acids is 1. The molecule has 0 aliphatic carbocycles. The van der Waals surface area contributed by atoms with E-state index in [0.717, 1.165) is 0 Å². The van der Waals surface area contributed by atoms with Gasteiger partial charge in [-0.1, -0.05) is 0 Å². The number of hydrogen-bond donors (Lipinski definition) is 0. The molecule has 102 valence electrons. The van der Waals surface area contributed by atoms with Crippen LogP contribution in [0.1, 0.15) is 38.1 Å². The average Bonchev–Trinajstić information content (AvgIpc) is 2.57. The summed E-state index contributed by atoms with van der Waals surface area (Å²) in [6.45, 7) is 7.84. The second kappa shape index (κ2) is 4.61. The number of pyridine rings is 1. The zero-order chi connectivity index (χ0) is 14.3. The Bertz CT molecular complexity index is 485. The molecule has 5 nitrogen and oxygen atoms in total. The van der Waals surface area contributed by atoms with Crippen LogP contribution in [0.4, 0.5) is 0 Å². The van der Waals surface area contributed by atoms with Gasteiger partial charge in [0.05, 0.1) is 23.9 Å². The van der Waals surface area contributed by atoms with Crippen LogP contribution in [0.2, 0.25) is 0 Å². The zero-order valence-electron chi connectivity index (χ0n) is 11.9. The summed E-state index contributed by atoms with van der Waals surface area (Å²) in [6, 6.07) is 1.60. The summed E-state index contributed by atoms with van der Waals surface area (Å²) in [4.78, 5) is 15.8. The van der Waals surface area contributed by atoms with Gasteiger partial charge in [-0.05, 0) is 33.8 Å². The van der Waals surface area contributed by atoms with E-state index in [9.17, 15) is 4.79 Å². The molecule has 1 fully saturated rings. The van der Waals surface area contributed by atoms with E-state index < -0.39 is 24.3 Å². The number of ether oxygens (including phenoxy) is 1. The fourth-order valence-electron chi connectivity index (χ4n) is 1.86. The lowest BCUT2D eigenvalue weighted by Gasteiger charge is -2.32. The van der Waals surface area contributed by atoms with Crippen LogP contribution in [0.5, 0.6) is 0 Å². The molecule has 1 aromatic rings. The highest BCUT2D eigenvalue weighted by molar-refractivity contribution is 6.63. The van der Waals surface area contributed by atoms with Gasteiger partial charge in [-0.3, -0.25) is 4.98 Å². The van der Waals surface area contributed by atoms with E-state index in [-0.39, 0.29) is 0 Å². The molecule has 0 N–H and O–H groups in total. The van der Waals surface area contributed by atoms with Crippen LogP contribution in [-0.2, 0) is 14.0 Å². The Balaban J connectivity index is 2.37. The minimum absolute atomic E-state index is 0.413. The molecule has 0 radical (unpaired) electrons. The third-order valence-corrected chi connectivity index (χ3v) is 3.76. The number of esters is 1. The molecule has 6 heteroatoms. The van der Waals surface area contributed by atoms with Gasteiger partial charge in [0.25, 0.3) is 0 Å². The van der Waals surface area contributed by atoms with Crippen molar-refractivity contribution in [3.05, 3.63) is 24.0 Å². The van der Waals surface area contributed by atoms with E-state index in [1.807, 2.05) is 27.7 Å². The second-order valence-electron chi connectivity index (χ2n) is 5.54. The lowest BCUT2D eigenvalue weighted by molar-refractivity contribution is 0.00578. The van der Waals surface area contributed by atoms with Gasteiger partial charge < -0.3 is 14.0 Å². The summed E-state index contributed by atoms with van der Waals surface area (Å²) in [7, 11) is 0.726. The topological polar surface area (TPSA) is 57.7 Å². The predicted molar refractivity (Wildman–Crippen MR) is 71.3 cm³/mol. The zero-order valence-corrected chi connectivity index (χ0v) is 11.9. The molecular weight excluding hydrogens is 245 g/mol. The summed E-state index contributed by atoms with van der Waals surface area (Å²) in [6.07, 6.45) is 3.12. The molecule has 2 rings (SSSR count). The van der Waals surface area contributed by atoms with Crippen molar-refractivity contribution in [2.45, 2.75) is 38.9 Å². The Labute approximate surface area is 113 Å². The highest BCUT2D eigenvalue weighted by Gasteiger charge is 2.52. The highest BCUT2D eigenvalue weighted by Crippen LogP contribution is 2.36. The quantitative estimate of drug-likeness (QED) is 0.592. The molecule has 0 spiro atoms. The number of nitrogens with zero attached hydrogens (tertiary/aromatic N) is 1. The van der Waals surface area contributed by atoms with Crippen LogP contribution >= 0.6 is 0 Å². The molecule has 0 amide bonds. The maximum Gasteiger partial charge on any atom is 0.497 e. The minimum atomic E-state index is -0.618. The Kier molecular flexibility index (Phi) is 3.41. The number of carbonyl (C=O) groups is 1. The summed E-state index contributed by atoms with van der Waals surface area (Å²) in [5.74, 6) is -0.424. The fraction of sp³-hybridized carbons (Fsp3) is 0.538. The summed E-state index contributed by atoms with van der Waals surface area (Å²) >= 11 is 0. The number of methoxy groups -OCH3 is 1. The summed E-state index contributed by atoms with van der Waals surface area (Å²) in [5.41, 5.74) is 0.0888. The van der Waals surface area contributed by atoms with E-state index in [2.05, 4.69) is 4.98 Å². The van der Waals surface area contributed by atoms with Gasteiger partial charge >= 0.3 is 13.1 Å². The molecule has 1 saturated heterocycles. The first kappa shape index (κ1) is 14.0. The largest absolute Gasteiger partial charge is 0.497 e. The third-order valence-electron chi connectivity index (χ3n) is 3.76. The van der Waals surface area contributed by atoms with Gasteiger partial charge in [-0.2, -0.15) is 0 Å². The fourth-order valence-corrected chi connectivity index (χ4v) is 1.86. The van der Waals surface area contributed by atoms with Crippen LogP contribution in [0.15, 0.2) is 18.5 Å². The second-order valence-corrected chi connectivity index (χ2v) is 5.54. The van der Waals surface area contributed by atoms with Crippen LogP contribution in [-0.4, -0.2) is 36.4 Å². The average molecular weight is 263 g/mol. The summed E-state index contributed by atoms with van der Waals surface area (Å²) in [5, 5.41) is 0. The van der Waals surface area contributed by atoms with Crippen LogP contribution in [0, 0.1) is 0 Å². The molecular formula is C13H18BNO4. The summed E-state index contributed by atoms with van der Waals surface area (Å²) < 4.78 is 16.6. The Hall–Kier alpha value is -1.40. The first-order valence-electron chi connectivity index (χ1n) is 6.16. The van der Waals surface area contributed by atoms with Crippen molar-refractivity contribution in [1.82, 2.24) is 4.98 Å². The monoisotopic (exact) mass is 263 g/mol. The number of hydrogen-bond acceptors (Lipinski definition) is 5. The van der Waals surface area contributed by atoms with Crippen LogP contribution < -0.4 is 5.46 Å². The minimum Gasteiger partial charge on any atom is -0.465 e. The molecule has 19 heavy (non-hydrogen) atoms. The molecule has 0 saturated carbocycles. The number of aromatic nitrogens is 1. The molecule has 0 bridgehead atoms. The van der Waals surface area contributed by atoms with Crippen molar-refractivity contribution in [1.29, 1.82) is 0 Å². The normalized spacial score (nSPS) is 20.4. The molecule has 0 aromatic carbocycles. The van der Waals surface area contributed by atoms with E-state index in [4.69, 9.17) is 14.0 Å². The van der Waals surface area contributed by atoms with Crippen molar-refractivity contribution >= 4 is 18.6 Å². The van der Waals surface area contributed by atoms with Crippen molar-refractivity contribution in [3.8, 4) is 0 Å². The van der Waals surface area contributed by atoms with E-state index in [1.165, 1.54) is 7.11 Å². The van der Waals surface area contributed by atoms with Crippen LogP contribution in [0.3, 0.4) is 0 Å². The van der Waals surface area contributed by atoms with Gasteiger partial charge in [0, 0.05) is 17.9 Å². The Morgan fingerprint density at radius 2 is 1.84 bits per heavy atom. The molecule has 2 heterocycles. The van der Waals surface area contributed by atoms with E-state index in [0.29, 0.717) is 11.0 Å². The molecule has 0 atom stereocenters. The maximum absolute atomic E-state index is 11.8. The Morgan fingerprint density at radius 1 is 1.26 bits per heavy atom. The van der Waals surface area contributed by atoms with E-state index >= 15 is 0 Å². The van der Waals surface area contributed by atoms with Gasteiger partial charge in [0.1, 0.15) is 0 Å². The highest BCUT2D eigenvalue weighted by atomic mass is 16.7. The molecule has 1 aliphatic rings. The smallest absolute Gasteiger partial charge is 0.465 e. The Morgan fingerprint density at radius 3 is 2.37 bits per heavy atom. The third kappa shape index (κ3) is 2.38. The van der Waals surface area contributed by atoms with Crippen molar-refractivity contribution in [2.24, 2.45) is 0 Å². The van der Waals surface area contributed by atoms with Gasteiger partial charge in [-0.25, -0.2) is 4.79 Å². The number of rotatable bonds is 2. The van der Waals surface area contributed by atoms with Crippen molar-refractivity contribution in [2.75, 3.05) is 7.11 Å². The van der Waals surface area contributed by atoms with Gasteiger partial charge in [-0.15, -0.1) is 0 Å². The lowest BCUT2D eigenvalue weighted by atomic mass is 9.77. The first-order chi connectivity index (χ1) is 8.78. The van der Waals surface area contributed by atoms with E-state index in [1.54, 1.807) is 18.5 Å². The molecule has 1 aromatic heterocycles. The lowest BCUT2D eigenvalue weighted by Crippen LogP contribution is -2.41.